The Balaban J connectivity index is 1.28. The molecule has 0 bridgehead atoms. The van der Waals surface area contributed by atoms with Gasteiger partial charge in [0.05, 0.1) is 26.5 Å². The molecule has 1 saturated heterocycles. The number of hydrogen-bond donors (Lipinski definition) is 0. The standard InChI is InChI=1S/C25H26FN3O3S/c1-31-22-9-3-18(15-23(22)32-2)4-10-25(30)29-13-11-28(12-14-29)16-24-27-21(17-33-24)19-5-7-20(26)8-6-19/h3-10,15,17H,11-14,16H2,1-2H3. The smallest absolute Gasteiger partial charge is 0.246 e. The topological polar surface area (TPSA) is 54.9 Å². The van der Waals surface area contributed by atoms with Gasteiger partial charge in [0.2, 0.25) is 5.91 Å². The van der Waals surface area contributed by atoms with Crippen LogP contribution in [0.15, 0.2) is 53.9 Å². The fourth-order valence-corrected chi connectivity index (χ4v) is 4.53. The molecule has 0 N–H and O–H groups in total. The summed E-state index contributed by atoms with van der Waals surface area (Å²) in [6, 6.07) is 11.9. The van der Waals surface area contributed by atoms with Crippen LogP contribution in [0.25, 0.3) is 17.3 Å². The molecule has 2 aromatic carbocycles. The van der Waals surface area contributed by atoms with Crippen molar-refractivity contribution in [3.63, 3.8) is 0 Å². The summed E-state index contributed by atoms with van der Waals surface area (Å²) < 4.78 is 23.7. The second-order valence-electron chi connectivity index (χ2n) is 7.68. The number of rotatable bonds is 7. The van der Waals surface area contributed by atoms with E-state index >= 15 is 0 Å². The van der Waals surface area contributed by atoms with Crippen molar-refractivity contribution in [2.75, 3.05) is 40.4 Å². The molecule has 1 fully saturated rings. The molecule has 0 radical (unpaired) electrons. The van der Waals surface area contributed by atoms with Crippen molar-refractivity contribution < 1.29 is 18.7 Å². The molecule has 8 heteroatoms. The summed E-state index contributed by atoms with van der Waals surface area (Å²) in [5.74, 6) is 1.03. The van der Waals surface area contributed by atoms with Gasteiger partial charge in [-0.3, -0.25) is 9.69 Å². The number of carbonyl (C=O) groups is 1. The SMILES string of the molecule is COc1ccc(C=CC(=O)N2CCN(Cc3nc(-c4ccc(F)cc4)cs3)CC2)cc1OC. The first-order valence-electron chi connectivity index (χ1n) is 10.7. The Morgan fingerprint density at radius 2 is 1.79 bits per heavy atom. The van der Waals surface area contributed by atoms with Crippen LogP contribution in [0.5, 0.6) is 11.5 Å². The van der Waals surface area contributed by atoms with Gasteiger partial charge in [-0.1, -0.05) is 6.07 Å². The minimum atomic E-state index is -0.250. The second-order valence-corrected chi connectivity index (χ2v) is 8.63. The molecule has 1 aliphatic heterocycles. The van der Waals surface area contributed by atoms with Gasteiger partial charge in [-0.25, -0.2) is 9.37 Å². The van der Waals surface area contributed by atoms with E-state index in [2.05, 4.69) is 4.90 Å². The van der Waals surface area contributed by atoms with Crippen molar-refractivity contribution in [2.45, 2.75) is 6.54 Å². The summed E-state index contributed by atoms with van der Waals surface area (Å²) in [7, 11) is 3.18. The number of nitrogens with zero attached hydrogens (tertiary/aromatic N) is 3. The van der Waals surface area contributed by atoms with Crippen LogP contribution in [0.1, 0.15) is 10.6 Å². The number of amides is 1. The Kier molecular flexibility index (Phi) is 7.36. The molecular formula is C25H26FN3O3S. The molecule has 2 heterocycles. The van der Waals surface area contributed by atoms with Gasteiger partial charge in [0, 0.05) is 43.2 Å². The van der Waals surface area contributed by atoms with Gasteiger partial charge >= 0.3 is 0 Å². The average Bonchev–Trinajstić information content (AvgIpc) is 3.31. The Bertz CT molecular complexity index is 1120. The van der Waals surface area contributed by atoms with E-state index in [9.17, 15) is 9.18 Å². The first-order chi connectivity index (χ1) is 16.1. The van der Waals surface area contributed by atoms with E-state index in [0.29, 0.717) is 24.6 Å². The number of carbonyl (C=O) groups excluding carboxylic acids is 1. The van der Waals surface area contributed by atoms with E-state index in [4.69, 9.17) is 14.5 Å². The van der Waals surface area contributed by atoms with Crippen LogP contribution in [0, 0.1) is 5.82 Å². The van der Waals surface area contributed by atoms with Crippen molar-refractivity contribution in [2.24, 2.45) is 0 Å². The largest absolute Gasteiger partial charge is 0.493 e. The lowest BCUT2D eigenvalue weighted by Crippen LogP contribution is -2.47. The molecule has 0 saturated carbocycles. The number of aromatic nitrogens is 1. The first kappa shape index (κ1) is 22.9. The molecule has 4 rings (SSSR count). The summed E-state index contributed by atoms with van der Waals surface area (Å²) in [4.78, 5) is 21.5. The van der Waals surface area contributed by atoms with E-state index in [1.807, 2.05) is 28.5 Å². The molecule has 6 nitrogen and oxygen atoms in total. The van der Waals surface area contributed by atoms with Crippen LogP contribution in [0.4, 0.5) is 4.39 Å². The van der Waals surface area contributed by atoms with Crippen LogP contribution in [0.2, 0.25) is 0 Å². The van der Waals surface area contributed by atoms with Gasteiger partial charge in [0.25, 0.3) is 0 Å². The van der Waals surface area contributed by atoms with Gasteiger partial charge in [0.15, 0.2) is 11.5 Å². The maximum atomic E-state index is 13.1. The lowest BCUT2D eigenvalue weighted by molar-refractivity contribution is -0.127. The van der Waals surface area contributed by atoms with E-state index in [1.165, 1.54) is 12.1 Å². The van der Waals surface area contributed by atoms with E-state index < -0.39 is 0 Å². The van der Waals surface area contributed by atoms with Gasteiger partial charge in [-0.15, -0.1) is 11.3 Å². The molecule has 1 amide bonds. The van der Waals surface area contributed by atoms with Gasteiger partial charge in [-0.2, -0.15) is 0 Å². The summed E-state index contributed by atoms with van der Waals surface area (Å²) >= 11 is 1.60. The van der Waals surface area contributed by atoms with Crippen molar-refractivity contribution in [1.29, 1.82) is 0 Å². The quantitative estimate of drug-likeness (QED) is 0.485. The molecule has 0 unspecified atom stereocenters. The molecule has 0 aliphatic carbocycles. The van der Waals surface area contributed by atoms with Crippen molar-refractivity contribution in [1.82, 2.24) is 14.8 Å². The predicted octanol–water partition coefficient (Wildman–Crippen LogP) is 4.32. The summed E-state index contributed by atoms with van der Waals surface area (Å²) in [5.41, 5.74) is 2.65. The normalized spacial score (nSPS) is 14.6. The zero-order valence-corrected chi connectivity index (χ0v) is 19.5. The van der Waals surface area contributed by atoms with Gasteiger partial charge < -0.3 is 14.4 Å². The Labute approximate surface area is 196 Å². The Morgan fingerprint density at radius 1 is 1.06 bits per heavy atom. The summed E-state index contributed by atoms with van der Waals surface area (Å²) in [5, 5.41) is 3.02. The van der Waals surface area contributed by atoms with Crippen LogP contribution in [0.3, 0.4) is 0 Å². The van der Waals surface area contributed by atoms with Gasteiger partial charge in [-0.05, 0) is 48.0 Å². The Morgan fingerprint density at radius 3 is 2.48 bits per heavy atom. The van der Waals surface area contributed by atoms with Crippen LogP contribution in [-0.2, 0) is 11.3 Å². The molecule has 1 aliphatic rings. The minimum absolute atomic E-state index is 0.00252. The van der Waals surface area contributed by atoms with Crippen molar-refractivity contribution in [3.8, 4) is 22.8 Å². The van der Waals surface area contributed by atoms with Crippen LogP contribution in [-0.4, -0.2) is 61.1 Å². The summed E-state index contributed by atoms with van der Waals surface area (Å²) in [6.07, 6.45) is 3.40. The molecule has 172 valence electrons. The number of hydrogen-bond acceptors (Lipinski definition) is 6. The van der Waals surface area contributed by atoms with Crippen molar-refractivity contribution >= 4 is 23.3 Å². The zero-order chi connectivity index (χ0) is 23.2. The van der Waals surface area contributed by atoms with Crippen LogP contribution < -0.4 is 9.47 Å². The highest BCUT2D eigenvalue weighted by atomic mass is 32.1. The van der Waals surface area contributed by atoms with Gasteiger partial charge in [0.1, 0.15) is 10.8 Å². The van der Waals surface area contributed by atoms with E-state index in [0.717, 1.165) is 41.5 Å². The average molecular weight is 468 g/mol. The lowest BCUT2D eigenvalue weighted by Gasteiger charge is -2.33. The highest BCUT2D eigenvalue weighted by molar-refractivity contribution is 7.09. The fraction of sp³-hybridized carbons (Fsp3) is 0.280. The molecule has 0 atom stereocenters. The number of ether oxygens (including phenoxy) is 2. The number of methoxy groups -OCH3 is 2. The fourth-order valence-electron chi connectivity index (χ4n) is 3.68. The molecule has 1 aromatic heterocycles. The van der Waals surface area contributed by atoms with E-state index in [1.54, 1.807) is 49.8 Å². The maximum absolute atomic E-state index is 13.1. The third-order valence-electron chi connectivity index (χ3n) is 5.56. The molecule has 0 spiro atoms. The molecule has 3 aromatic rings. The minimum Gasteiger partial charge on any atom is -0.493 e. The number of halogens is 1. The highest BCUT2D eigenvalue weighted by Gasteiger charge is 2.20. The molecule has 33 heavy (non-hydrogen) atoms. The number of piperazine rings is 1. The number of thiazole rings is 1. The summed E-state index contributed by atoms with van der Waals surface area (Å²) in [6.45, 7) is 3.68. The monoisotopic (exact) mass is 467 g/mol. The highest BCUT2D eigenvalue weighted by Crippen LogP contribution is 2.28. The molecular weight excluding hydrogens is 441 g/mol. The zero-order valence-electron chi connectivity index (χ0n) is 18.7. The van der Waals surface area contributed by atoms with Crippen molar-refractivity contribution in [3.05, 3.63) is 70.3 Å². The first-order valence-corrected chi connectivity index (χ1v) is 11.6. The second kappa shape index (κ2) is 10.6. The Hall–Kier alpha value is -3.23. The van der Waals surface area contributed by atoms with E-state index in [-0.39, 0.29) is 11.7 Å². The maximum Gasteiger partial charge on any atom is 0.246 e. The third-order valence-corrected chi connectivity index (χ3v) is 6.39. The third kappa shape index (κ3) is 5.77. The van der Waals surface area contributed by atoms with Crippen LogP contribution >= 0.6 is 11.3 Å². The lowest BCUT2D eigenvalue weighted by atomic mass is 10.2. The predicted molar refractivity (Wildman–Crippen MR) is 128 cm³/mol. The number of benzene rings is 2.